The number of thiophene rings is 1. The molecule has 7 aromatic carbocycles. The number of rotatable bonds is 3. The Bertz CT molecular complexity index is 2670. The van der Waals surface area contributed by atoms with Gasteiger partial charge in [-0.15, -0.1) is 11.3 Å². The maximum atomic E-state index is 5.25. The molecule has 0 aliphatic carbocycles. The van der Waals surface area contributed by atoms with Gasteiger partial charge in [0.25, 0.3) is 0 Å². The molecule has 0 saturated carbocycles. The first-order valence-corrected chi connectivity index (χ1v) is 17.2. The Morgan fingerprint density at radius 3 is 1.85 bits per heavy atom. The van der Waals surface area contributed by atoms with E-state index in [0.29, 0.717) is 0 Å². The number of nitrogens with zero attached hydrogens (tertiary/aromatic N) is 1. The summed E-state index contributed by atoms with van der Waals surface area (Å²) in [5.41, 5.74) is 10.8. The Morgan fingerprint density at radius 2 is 1.00 bits per heavy atom. The van der Waals surface area contributed by atoms with Gasteiger partial charge in [0.1, 0.15) is 0 Å². The third-order valence-electron chi connectivity index (χ3n) is 9.26. The van der Waals surface area contributed by atoms with E-state index in [1.807, 2.05) is 23.1 Å². The predicted molar refractivity (Wildman–Crippen MR) is 198 cm³/mol. The van der Waals surface area contributed by atoms with Crippen LogP contribution in [0.2, 0.25) is 0 Å². The molecule has 0 atom stereocenters. The van der Waals surface area contributed by atoms with Crippen LogP contribution < -0.4 is 0 Å². The molecule has 1 aliphatic heterocycles. The Balaban J connectivity index is 1.13. The van der Waals surface area contributed by atoms with Crippen molar-refractivity contribution in [1.29, 1.82) is 0 Å². The van der Waals surface area contributed by atoms with Gasteiger partial charge in [0.15, 0.2) is 0 Å². The molecule has 9 aromatic rings. The first kappa shape index (κ1) is 26.0. The minimum Gasteiger partial charge on any atom is -0.247 e. The molecule has 3 heteroatoms. The smallest absolute Gasteiger partial charge is 0.0810 e. The molecular weight excluding hydrogens is 595 g/mol. The van der Waals surface area contributed by atoms with E-state index < -0.39 is 0 Å². The normalized spacial score (nSPS) is 12.3. The average Bonchev–Trinajstić information content (AvgIpc) is 3.51. The maximum Gasteiger partial charge on any atom is 0.0810 e. The molecule has 10 rings (SSSR count). The zero-order valence-electron chi connectivity index (χ0n) is 24.7. The van der Waals surface area contributed by atoms with Crippen molar-refractivity contribution in [2.24, 2.45) is 0 Å². The summed E-state index contributed by atoms with van der Waals surface area (Å²) >= 11 is 3.75. The number of hydrogen-bond acceptors (Lipinski definition) is 3. The minimum atomic E-state index is 1.03. The lowest BCUT2D eigenvalue weighted by molar-refractivity contribution is 1.32. The van der Waals surface area contributed by atoms with Crippen LogP contribution in [0.3, 0.4) is 0 Å². The second-order valence-corrected chi connectivity index (χ2v) is 14.0. The van der Waals surface area contributed by atoms with E-state index in [1.54, 1.807) is 0 Å². The second-order valence-electron chi connectivity index (χ2n) is 11.9. The maximum absolute atomic E-state index is 5.25. The molecule has 2 aromatic heterocycles. The Labute approximate surface area is 274 Å². The third-order valence-corrected chi connectivity index (χ3v) is 11.7. The van der Waals surface area contributed by atoms with Crippen molar-refractivity contribution in [3.05, 3.63) is 152 Å². The van der Waals surface area contributed by atoms with Gasteiger partial charge in [0, 0.05) is 46.3 Å². The monoisotopic (exact) mass is 619 g/mol. The van der Waals surface area contributed by atoms with Gasteiger partial charge in [-0.1, -0.05) is 133 Å². The van der Waals surface area contributed by atoms with E-state index in [2.05, 4.69) is 152 Å². The quantitative estimate of drug-likeness (QED) is 0.183. The summed E-state index contributed by atoms with van der Waals surface area (Å²) in [6.07, 6.45) is 0. The highest BCUT2D eigenvalue weighted by molar-refractivity contribution is 7.99. The summed E-state index contributed by atoms with van der Waals surface area (Å²) in [5.74, 6) is 0. The van der Waals surface area contributed by atoms with Gasteiger partial charge in [0.05, 0.1) is 11.2 Å². The molecule has 0 fully saturated rings. The van der Waals surface area contributed by atoms with Crippen molar-refractivity contribution in [2.75, 3.05) is 0 Å². The van der Waals surface area contributed by atoms with Gasteiger partial charge >= 0.3 is 0 Å². The summed E-state index contributed by atoms with van der Waals surface area (Å²) in [6.45, 7) is 0. The Morgan fingerprint density at radius 1 is 0.391 bits per heavy atom. The van der Waals surface area contributed by atoms with E-state index in [4.69, 9.17) is 4.98 Å². The van der Waals surface area contributed by atoms with E-state index in [0.717, 1.165) is 11.2 Å². The van der Waals surface area contributed by atoms with Crippen molar-refractivity contribution in [1.82, 2.24) is 4.98 Å². The fourth-order valence-electron chi connectivity index (χ4n) is 7.11. The topological polar surface area (TPSA) is 12.9 Å². The molecular formula is C43H25NS2. The molecule has 46 heavy (non-hydrogen) atoms. The second kappa shape index (κ2) is 10.1. The van der Waals surface area contributed by atoms with Crippen molar-refractivity contribution in [3.8, 4) is 44.6 Å². The summed E-state index contributed by atoms with van der Waals surface area (Å²) in [5, 5.41) is 6.36. The van der Waals surface area contributed by atoms with Gasteiger partial charge in [-0.2, -0.15) is 0 Å². The van der Waals surface area contributed by atoms with E-state index in [9.17, 15) is 0 Å². The largest absolute Gasteiger partial charge is 0.247 e. The summed E-state index contributed by atoms with van der Waals surface area (Å²) in [7, 11) is 0. The van der Waals surface area contributed by atoms with Crippen LogP contribution in [0.1, 0.15) is 0 Å². The van der Waals surface area contributed by atoms with Crippen LogP contribution in [0.25, 0.3) is 86.5 Å². The molecule has 1 aliphatic rings. The first-order chi connectivity index (χ1) is 22.8. The Hall–Kier alpha value is -5.22. The highest BCUT2D eigenvalue weighted by Crippen LogP contribution is 2.49. The lowest BCUT2D eigenvalue weighted by atomic mass is 9.95. The molecule has 0 N–H and O–H groups in total. The van der Waals surface area contributed by atoms with Crippen LogP contribution in [0.4, 0.5) is 0 Å². The van der Waals surface area contributed by atoms with Crippen molar-refractivity contribution >= 4 is 64.9 Å². The molecule has 0 unspecified atom stereocenters. The lowest BCUT2D eigenvalue weighted by Gasteiger charge is -2.20. The van der Waals surface area contributed by atoms with Crippen molar-refractivity contribution < 1.29 is 0 Å². The van der Waals surface area contributed by atoms with E-state index >= 15 is 0 Å². The summed E-state index contributed by atoms with van der Waals surface area (Å²) in [4.78, 5) is 7.80. The minimum absolute atomic E-state index is 1.03. The predicted octanol–water partition coefficient (Wildman–Crippen LogP) is 12.9. The number of hydrogen-bond donors (Lipinski definition) is 0. The van der Waals surface area contributed by atoms with E-state index in [1.165, 1.54) is 85.1 Å². The van der Waals surface area contributed by atoms with Gasteiger partial charge in [0.2, 0.25) is 0 Å². The van der Waals surface area contributed by atoms with Crippen LogP contribution in [0.5, 0.6) is 0 Å². The van der Waals surface area contributed by atoms with Crippen LogP contribution in [-0.2, 0) is 0 Å². The number of aromatic nitrogens is 1. The molecule has 0 amide bonds. The van der Waals surface area contributed by atoms with Gasteiger partial charge in [-0.25, -0.2) is 4.98 Å². The van der Waals surface area contributed by atoms with Crippen molar-refractivity contribution in [2.45, 2.75) is 9.79 Å². The summed E-state index contributed by atoms with van der Waals surface area (Å²) < 4.78 is 2.67. The number of pyridine rings is 1. The zero-order chi connectivity index (χ0) is 30.2. The molecule has 0 spiro atoms. The lowest BCUT2D eigenvalue weighted by Crippen LogP contribution is -1.97. The Kier molecular flexibility index (Phi) is 5.75. The highest BCUT2D eigenvalue weighted by Gasteiger charge is 2.22. The molecule has 1 nitrogen and oxygen atoms in total. The van der Waals surface area contributed by atoms with Crippen LogP contribution in [0, 0.1) is 0 Å². The first-order valence-electron chi connectivity index (χ1n) is 15.5. The van der Waals surface area contributed by atoms with Crippen molar-refractivity contribution in [3.63, 3.8) is 0 Å². The zero-order valence-corrected chi connectivity index (χ0v) is 26.3. The molecule has 0 saturated heterocycles. The molecule has 0 bridgehead atoms. The number of benzene rings is 7. The molecule has 3 heterocycles. The molecule has 214 valence electrons. The summed E-state index contributed by atoms with van der Waals surface area (Å²) in [6, 6.07) is 55.3. The highest BCUT2D eigenvalue weighted by atomic mass is 32.2. The van der Waals surface area contributed by atoms with Gasteiger partial charge in [-0.05, 0) is 69.1 Å². The van der Waals surface area contributed by atoms with Crippen LogP contribution in [-0.4, -0.2) is 4.98 Å². The fraction of sp³-hybridized carbons (Fsp3) is 0. The fourth-order valence-corrected chi connectivity index (χ4v) is 9.60. The van der Waals surface area contributed by atoms with Crippen LogP contribution in [0.15, 0.2) is 161 Å². The third kappa shape index (κ3) is 3.92. The van der Waals surface area contributed by atoms with E-state index in [-0.39, 0.29) is 0 Å². The van der Waals surface area contributed by atoms with Crippen LogP contribution >= 0.6 is 23.1 Å². The SMILES string of the molecule is c1ccc(-c2cccc3c2sc2c(-c4cccc(-c5ccc6nc7c8c(cccc8c6c5)Sc5ccccc5-7)c4)cccc23)cc1. The van der Waals surface area contributed by atoms with Gasteiger partial charge < -0.3 is 0 Å². The molecule has 0 radical (unpaired) electrons. The van der Waals surface area contributed by atoms with Gasteiger partial charge in [-0.3, -0.25) is 0 Å². The average molecular weight is 620 g/mol. The number of fused-ring (bicyclic) bond motifs is 7. The standard InChI is InChI=1S/C43H25NS2/c1-2-10-26(11-3-1)30-15-7-18-33-34-19-8-16-31(43(34)46-42(30)33)29-13-6-12-27(24-29)28-22-23-37-36(25-28)32-17-9-21-39-40(32)41(44-37)35-14-4-5-20-38(35)45-39/h1-25H.